The number of pyridine rings is 1. The van der Waals surface area contributed by atoms with Crippen molar-refractivity contribution < 1.29 is 4.39 Å². The number of rotatable bonds is 3. The fourth-order valence-electron chi connectivity index (χ4n) is 4.26. The predicted molar refractivity (Wildman–Crippen MR) is 80.3 cm³/mol. The molecule has 3 fully saturated rings. The van der Waals surface area contributed by atoms with Crippen LogP contribution < -0.4 is 5.32 Å². The zero-order chi connectivity index (χ0) is 14.3. The third-order valence-electron chi connectivity index (χ3n) is 5.64. The Bertz CT molecular complexity index is 509. The number of hydrogen-bond donors (Lipinski definition) is 1. The fraction of sp³-hybridized carbons (Fsp3) is 0.706. The van der Waals surface area contributed by atoms with Crippen LogP contribution in [0.25, 0.3) is 0 Å². The van der Waals surface area contributed by atoms with E-state index in [9.17, 15) is 4.39 Å². The van der Waals surface area contributed by atoms with Crippen molar-refractivity contribution in [3.63, 3.8) is 0 Å². The van der Waals surface area contributed by atoms with Gasteiger partial charge in [-0.2, -0.15) is 0 Å². The smallest absolute Gasteiger partial charge is 0.141 e. The second kappa shape index (κ2) is 5.33. The minimum Gasteiger partial charge on any atom is -0.311 e. The average molecular weight is 289 g/mol. The Labute approximate surface area is 125 Å². The molecule has 1 spiro atoms. The molecule has 1 unspecified atom stereocenters. The van der Waals surface area contributed by atoms with E-state index in [0.717, 1.165) is 31.1 Å². The maximum absolute atomic E-state index is 13.4. The van der Waals surface area contributed by atoms with Crippen molar-refractivity contribution in [2.75, 3.05) is 13.1 Å². The topological polar surface area (TPSA) is 28.2 Å². The highest BCUT2D eigenvalue weighted by Crippen LogP contribution is 2.41. The largest absolute Gasteiger partial charge is 0.311 e. The lowest BCUT2D eigenvalue weighted by molar-refractivity contribution is 0.0310. The van der Waals surface area contributed by atoms with E-state index in [1.54, 1.807) is 6.07 Å². The Morgan fingerprint density at radius 3 is 2.81 bits per heavy atom. The van der Waals surface area contributed by atoms with Gasteiger partial charge in [-0.15, -0.1) is 0 Å². The van der Waals surface area contributed by atoms with Gasteiger partial charge < -0.3 is 5.32 Å². The molecular formula is C17H24FN3. The average Bonchev–Trinajstić information content (AvgIpc) is 3.22. The van der Waals surface area contributed by atoms with Crippen LogP contribution in [0.4, 0.5) is 4.39 Å². The molecule has 0 aromatic carbocycles. The summed E-state index contributed by atoms with van der Waals surface area (Å²) in [5.74, 6) is 0.652. The van der Waals surface area contributed by atoms with Gasteiger partial charge in [-0.25, -0.2) is 4.39 Å². The molecule has 3 nitrogen and oxygen atoms in total. The molecule has 1 aliphatic heterocycles. The predicted octanol–water partition coefficient (Wildman–Crippen LogP) is 2.72. The third-order valence-corrected chi connectivity index (χ3v) is 5.64. The second-order valence-electron chi connectivity index (χ2n) is 7.15. The molecule has 2 heterocycles. The maximum Gasteiger partial charge on any atom is 0.141 e. The summed E-state index contributed by atoms with van der Waals surface area (Å²) >= 11 is 0. The van der Waals surface area contributed by atoms with Crippen molar-refractivity contribution in [3.05, 3.63) is 29.8 Å². The van der Waals surface area contributed by atoms with Gasteiger partial charge in [0, 0.05) is 37.4 Å². The molecule has 2 saturated carbocycles. The number of piperazine rings is 1. The molecular weight excluding hydrogens is 265 g/mol. The van der Waals surface area contributed by atoms with Crippen LogP contribution in [-0.2, 0) is 6.54 Å². The zero-order valence-corrected chi connectivity index (χ0v) is 12.5. The zero-order valence-electron chi connectivity index (χ0n) is 12.5. The van der Waals surface area contributed by atoms with E-state index < -0.39 is 0 Å². The number of nitrogens with zero attached hydrogens (tertiary/aromatic N) is 2. The van der Waals surface area contributed by atoms with Crippen molar-refractivity contribution in [2.45, 2.75) is 56.7 Å². The van der Waals surface area contributed by atoms with Crippen LogP contribution in [0.5, 0.6) is 0 Å². The van der Waals surface area contributed by atoms with Gasteiger partial charge in [-0.05, 0) is 43.2 Å². The first-order valence-corrected chi connectivity index (χ1v) is 8.33. The molecule has 0 bridgehead atoms. The summed E-state index contributed by atoms with van der Waals surface area (Å²) in [7, 11) is 0. The Morgan fingerprint density at radius 2 is 2.10 bits per heavy atom. The molecule has 2 aliphatic carbocycles. The van der Waals surface area contributed by atoms with Crippen molar-refractivity contribution >= 4 is 0 Å². The van der Waals surface area contributed by atoms with Crippen LogP contribution in [0, 0.1) is 11.7 Å². The Balaban J connectivity index is 1.54. The van der Waals surface area contributed by atoms with Gasteiger partial charge in [-0.1, -0.05) is 12.8 Å². The van der Waals surface area contributed by atoms with Gasteiger partial charge in [0.1, 0.15) is 5.82 Å². The van der Waals surface area contributed by atoms with Crippen molar-refractivity contribution in [2.24, 2.45) is 5.92 Å². The van der Waals surface area contributed by atoms with Crippen LogP contribution in [0.1, 0.15) is 44.1 Å². The maximum atomic E-state index is 13.4. The number of halogens is 1. The molecule has 1 N–H and O–H groups in total. The molecule has 4 rings (SSSR count). The van der Waals surface area contributed by atoms with Gasteiger partial charge >= 0.3 is 0 Å². The highest BCUT2D eigenvalue weighted by Gasteiger charge is 2.46. The van der Waals surface area contributed by atoms with E-state index in [2.05, 4.69) is 15.2 Å². The second-order valence-corrected chi connectivity index (χ2v) is 7.15. The van der Waals surface area contributed by atoms with E-state index in [-0.39, 0.29) is 5.82 Å². The Hall–Kier alpha value is -1.00. The first-order valence-electron chi connectivity index (χ1n) is 8.33. The van der Waals surface area contributed by atoms with E-state index in [1.807, 2.05) is 6.20 Å². The SMILES string of the molecule is Fc1cncc(CN2CC(C3CC3)NCC23CCCC3)c1. The Morgan fingerprint density at radius 1 is 1.29 bits per heavy atom. The standard InChI is InChI=1S/C17H24FN3/c18-15-7-13(8-19-9-15)10-21-11-16(14-3-4-14)20-12-17(21)5-1-2-6-17/h7-9,14,16,20H,1-6,10-12H2. The van der Waals surface area contributed by atoms with E-state index in [0.29, 0.717) is 11.6 Å². The van der Waals surface area contributed by atoms with Crippen molar-refractivity contribution in [3.8, 4) is 0 Å². The summed E-state index contributed by atoms with van der Waals surface area (Å²) in [6, 6.07) is 2.28. The highest BCUT2D eigenvalue weighted by atomic mass is 19.1. The van der Waals surface area contributed by atoms with E-state index in [4.69, 9.17) is 0 Å². The monoisotopic (exact) mass is 289 g/mol. The van der Waals surface area contributed by atoms with Gasteiger partial charge in [-0.3, -0.25) is 9.88 Å². The molecule has 0 amide bonds. The van der Waals surface area contributed by atoms with Crippen LogP contribution in [-0.4, -0.2) is 34.6 Å². The number of aromatic nitrogens is 1. The number of nitrogens with one attached hydrogen (secondary N) is 1. The molecule has 3 aliphatic rings. The summed E-state index contributed by atoms with van der Waals surface area (Å²) in [6.45, 7) is 3.06. The molecule has 1 saturated heterocycles. The highest BCUT2D eigenvalue weighted by molar-refractivity contribution is 5.13. The quantitative estimate of drug-likeness (QED) is 0.927. The van der Waals surface area contributed by atoms with Crippen LogP contribution >= 0.6 is 0 Å². The van der Waals surface area contributed by atoms with Crippen molar-refractivity contribution in [1.29, 1.82) is 0 Å². The van der Waals surface area contributed by atoms with Gasteiger partial charge in [0.25, 0.3) is 0 Å². The minimum absolute atomic E-state index is 0.221. The normalized spacial score (nSPS) is 29.1. The lowest BCUT2D eigenvalue weighted by Crippen LogP contribution is -2.63. The molecule has 4 heteroatoms. The third kappa shape index (κ3) is 2.71. The van der Waals surface area contributed by atoms with E-state index in [1.165, 1.54) is 44.7 Å². The first kappa shape index (κ1) is 13.6. The Kier molecular flexibility index (Phi) is 3.46. The van der Waals surface area contributed by atoms with Crippen LogP contribution in [0.2, 0.25) is 0 Å². The van der Waals surface area contributed by atoms with Gasteiger partial charge in [0.05, 0.1) is 6.20 Å². The van der Waals surface area contributed by atoms with Gasteiger partial charge in [0.15, 0.2) is 0 Å². The molecule has 21 heavy (non-hydrogen) atoms. The number of hydrogen-bond acceptors (Lipinski definition) is 3. The lowest BCUT2D eigenvalue weighted by Gasteiger charge is -2.48. The summed E-state index contributed by atoms with van der Waals surface area (Å²) in [4.78, 5) is 6.65. The van der Waals surface area contributed by atoms with Crippen LogP contribution in [0.15, 0.2) is 18.5 Å². The first-order chi connectivity index (χ1) is 10.3. The lowest BCUT2D eigenvalue weighted by atomic mass is 9.89. The molecule has 0 radical (unpaired) electrons. The molecule has 1 atom stereocenters. The fourth-order valence-corrected chi connectivity index (χ4v) is 4.26. The molecule has 1 aromatic heterocycles. The van der Waals surface area contributed by atoms with Gasteiger partial charge in [0.2, 0.25) is 0 Å². The molecule has 114 valence electrons. The van der Waals surface area contributed by atoms with Crippen LogP contribution in [0.3, 0.4) is 0 Å². The summed E-state index contributed by atoms with van der Waals surface area (Å²) in [5.41, 5.74) is 1.32. The summed E-state index contributed by atoms with van der Waals surface area (Å²) in [6.07, 6.45) is 11.1. The summed E-state index contributed by atoms with van der Waals surface area (Å²) in [5, 5.41) is 3.81. The van der Waals surface area contributed by atoms with Crippen molar-refractivity contribution in [1.82, 2.24) is 15.2 Å². The molecule has 1 aromatic rings. The minimum atomic E-state index is -0.221. The summed E-state index contributed by atoms with van der Waals surface area (Å²) < 4.78 is 13.4. The van der Waals surface area contributed by atoms with E-state index >= 15 is 0 Å².